The van der Waals surface area contributed by atoms with Gasteiger partial charge in [-0.25, -0.2) is 9.36 Å². The Balaban J connectivity index is 1.57. The summed E-state index contributed by atoms with van der Waals surface area (Å²) in [6, 6.07) is 7.53. The molecule has 3 aliphatic rings. The first-order valence-corrected chi connectivity index (χ1v) is 16.1. The van der Waals surface area contributed by atoms with Crippen LogP contribution in [0.15, 0.2) is 30.3 Å². The van der Waals surface area contributed by atoms with Crippen molar-refractivity contribution >= 4 is 42.5 Å². The molecule has 1 fully saturated rings. The highest BCUT2D eigenvalue weighted by atomic mass is 31.2. The van der Waals surface area contributed by atoms with Crippen LogP contribution in [0.2, 0.25) is 0 Å². The van der Waals surface area contributed by atoms with E-state index in [0.717, 1.165) is 20.8 Å². The molecule has 18 heteroatoms. The number of ether oxygens (including phenoxy) is 9. The summed E-state index contributed by atoms with van der Waals surface area (Å²) in [4.78, 5) is 69.0. The van der Waals surface area contributed by atoms with E-state index < -0.39 is 56.3 Å². The highest BCUT2D eigenvalue weighted by Crippen LogP contribution is 2.51. The number of benzene rings is 3. The predicted molar refractivity (Wildman–Crippen MR) is 161 cm³/mol. The minimum atomic E-state index is -5.11. The lowest BCUT2D eigenvalue weighted by molar-refractivity contribution is -0.259. The smallest absolute Gasteiger partial charge is 0.493 e. The first-order valence-electron chi connectivity index (χ1n) is 14.6. The number of esters is 4. The summed E-state index contributed by atoms with van der Waals surface area (Å²) in [7, 11) is -3.87. The highest BCUT2D eigenvalue weighted by Gasteiger charge is 2.49. The second-order valence-corrected chi connectivity index (χ2v) is 12.1. The van der Waals surface area contributed by atoms with Gasteiger partial charge in [-0.05, 0) is 35.2 Å². The SMILES string of the molecule is COc1cc2c(OC3OCC(OC(C)=O)C(OC(C)=O)C3OC(C)=O)c3c(c(-c4ccc5c(c4)OCO5)c2cc1OP(=O)(O)O)C(=O)OC3. The zero-order valence-electron chi connectivity index (χ0n) is 26.3. The average molecular weight is 705 g/mol. The van der Waals surface area contributed by atoms with Crippen molar-refractivity contribution in [1.29, 1.82) is 0 Å². The van der Waals surface area contributed by atoms with Gasteiger partial charge in [-0.2, -0.15) is 0 Å². The summed E-state index contributed by atoms with van der Waals surface area (Å²) in [5, 5.41) is 0.404. The molecule has 0 amide bonds. The number of hydrogen-bond donors (Lipinski definition) is 2. The normalized spacial score (nSPS) is 21.0. The van der Waals surface area contributed by atoms with E-state index in [1.54, 1.807) is 18.2 Å². The van der Waals surface area contributed by atoms with Gasteiger partial charge >= 0.3 is 31.7 Å². The third kappa shape index (κ3) is 6.78. The molecule has 3 aliphatic heterocycles. The van der Waals surface area contributed by atoms with Gasteiger partial charge in [0.2, 0.25) is 19.2 Å². The van der Waals surface area contributed by atoms with Crippen LogP contribution in [-0.2, 0) is 49.2 Å². The number of cyclic esters (lactones) is 1. The number of rotatable bonds is 9. The highest BCUT2D eigenvalue weighted by molar-refractivity contribution is 7.46. The molecular formula is C31H29O17P. The molecule has 0 bridgehead atoms. The number of hydrogen-bond acceptors (Lipinski definition) is 15. The van der Waals surface area contributed by atoms with Gasteiger partial charge in [0.1, 0.15) is 12.4 Å². The van der Waals surface area contributed by atoms with Gasteiger partial charge < -0.3 is 47.2 Å². The molecule has 4 atom stereocenters. The van der Waals surface area contributed by atoms with E-state index in [1.807, 2.05) is 0 Å². The van der Waals surface area contributed by atoms with Gasteiger partial charge in [0.25, 0.3) is 0 Å². The number of carbonyl (C=O) groups excluding carboxylic acids is 4. The summed E-state index contributed by atoms with van der Waals surface area (Å²) in [5.74, 6) is -2.75. The van der Waals surface area contributed by atoms with Gasteiger partial charge in [-0.3, -0.25) is 24.2 Å². The maximum absolute atomic E-state index is 13.4. The molecule has 49 heavy (non-hydrogen) atoms. The molecule has 260 valence electrons. The van der Waals surface area contributed by atoms with E-state index in [9.17, 15) is 33.5 Å². The van der Waals surface area contributed by atoms with Crippen LogP contribution in [0, 0.1) is 0 Å². The zero-order chi connectivity index (χ0) is 35.2. The van der Waals surface area contributed by atoms with Crippen LogP contribution in [0.25, 0.3) is 21.9 Å². The summed E-state index contributed by atoms with van der Waals surface area (Å²) >= 11 is 0. The van der Waals surface area contributed by atoms with Crippen LogP contribution >= 0.6 is 7.82 Å². The number of fused-ring (bicyclic) bond motifs is 3. The van der Waals surface area contributed by atoms with Crippen LogP contribution in [0.3, 0.4) is 0 Å². The Kier molecular flexibility index (Phi) is 9.02. The molecule has 2 N–H and O–H groups in total. The Morgan fingerprint density at radius 2 is 1.51 bits per heavy atom. The first kappa shape index (κ1) is 33.8. The predicted octanol–water partition coefficient (Wildman–Crippen LogP) is 2.92. The van der Waals surface area contributed by atoms with Crippen molar-refractivity contribution in [3.8, 4) is 39.9 Å². The second kappa shape index (κ2) is 13.1. The van der Waals surface area contributed by atoms with E-state index in [4.69, 9.17) is 47.2 Å². The molecule has 0 spiro atoms. The van der Waals surface area contributed by atoms with Gasteiger partial charge in [0.05, 0.1) is 19.3 Å². The molecule has 0 radical (unpaired) electrons. The lowest BCUT2D eigenvalue weighted by Crippen LogP contribution is -2.59. The van der Waals surface area contributed by atoms with Crippen molar-refractivity contribution in [2.45, 2.75) is 52.0 Å². The fourth-order valence-corrected chi connectivity index (χ4v) is 6.26. The van der Waals surface area contributed by atoms with Crippen molar-refractivity contribution in [3.05, 3.63) is 41.5 Å². The zero-order valence-corrected chi connectivity index (χ0v) is 27.2. The molecule has 0 aliphatic carbocycles. The van der Waals surface area contributed by atoms with Crippen molar-refractivity contribution in [2.24, 2.45) is 0 Å². The number of methoxy groups -OCH3 is 1. The number of phosphoric ester groups is 1. The fraction of sp³-hybridized carbons (Fsp3) is 0.355. The standard InChI is InChI=1S/C31H29O17P/c1-13(32)44-24-11-41-31(29(46-15(3)34)28(24)45-14(2)33)47-27-18-9-21(39-4)23(48-49(36,37)38)8-17(18)25(26-19(27)10-40-30(26)35)16-5-6-20-22(7-16)43-12-42-20/h5-9,24,28-29,31H,10-12H2,1-4H3,(H2,36,37,38). The molecule has 0 saturated carbocycles. The Morgan fingerprint density at radius 3 is 2.18 bits per heavy atom. The van der Waals surface area contributed by atoms with Crippen molar-refractivity contribution < 1.29 is 80.7 Å². The van der Waals surface area contributed by atoms with E-state index in [0.29, 0.717) is 17.1 Å². The molecule has 0 aromatic heterocycles. The van der Waals surface area contributed by atoms with Gasteiger partial charge in [0, 0.05) is 37.3 Å². The Labute approximate surface area is 277 Å². The summed E-state index contributed by atoms with van der Waals surface area (Å²) < 4.78 is 67.2. The molecule has 6 rings (SSSR count). The third-order valence-electron chi connectivity index (χ3n) is 7.61. The monoisotopic (exact) mass is 704 g/mol. The Bertz CT molecular complexity index is 1920. The van der Waals surface area contributed by atoms with Crippen molar-refractivity contribution in [2.75, 3.05) is 20.5 Å². The lowest BCUT2D eigenvalue weighted by Gasteiger charge is -2.40. The molecule has 3 aromatic carbocycles. The lowest BCUT2D eigenvalue weighted by atomic mass is 9.89. The average Bonchev–Trinajstić information content (AvgIpc) is 3.64. The van der Waals surface area contributed by atoms with Crippen LogP contribution < -0.4 is 23.5 Å². The van der Waals surface area contributed by atoms with Crippen molar-refractivity contribution in [1.82, 2.24) is 0 Å². The molecule has 4 unspecified atom stereocenters. The number of phosphoric acid groups is 1. The maximum Gasteiger partial charge on any atom is 0.524 e. The van der Waals surface area contributed by atoms with Crippen LogP contribution in [0.5, 0.6) is 28.7 Å². The molecule has 17 nitrogen and oxygen atoms in total. The van der Waals surface area contributed by atoms with Crippen LogP contribution in [0.1, 0.15) is 36.7 Å². The summed E-state index contributed by atoms with van der Waals surface area (Å²) in [6.07, 6.45) is -5.56. The van der Waals surface area contributed by atoms with Crippen molar-refractivity contribution in [3.63, 3.8) is 0 Å². The third-order valence-corrected chi connectivity index (χ3v) is 8.05. The van der Waals surface area contributed by atoms with Gasteiger partial charge in [-0.15, -0.1) is 0 Å². The number of carbonyl (C=O) groups is 4. The molecule has 1 saturated heterocycles. The topological polar surface area (TPSA) is 218 Å². The van der Waals surface area contributed by atoms with E-state index in [1.165, 1.54) is 19.2 Å². The molecule has 3 heterocycles. The molecule has 3 aromatic rings. The largest absolute Gasteiger partial charge is 0.524 e. The van der Waals surface area contributed by atoms with E-state index in [2.05, 4.69) is 0 Å². The van der Waals surface area contributed by atoms with E-state index in [-0.39, 0.29) is 64.7 Å². The quantitative estimate of drug-likeness (QED) is 0.186. The Hall–Kier alpha value is -5.09. The minimum absolute atomic E-state index is 0.0263. The van der Waals surface area contributed by atoms with Crippen LogP contribution in [0.4, 0.5) is 0 Å². The minimum Gasteiger partial charge on any atom is -0.493 e. The van der Waals surface area contributed by atoms with Gasteiger partial charge in [0.15, 0.2) is 35.2 Å². The maximum atomic E-state index is 13.4. The van der Waals surface area contributed by atoms with Crippen LogP contribution in [-0.4, -0.2) is 78.8 Å². The molecular weight excluding hydrogens is 675 g/mol. The summed E-state index contributed by atoms with van der Waals surface area (Å²) in [5.41, 5.74) is 0.967. The van der Waals surface area contributed by atoms with E-state index >= 15 is 0 Å². The van der Waals surface area contributed by atoms with Gasteiger partial charge in [-0.1, -0.05) is 6.07 Å². The summed E-state index contributed by atoms with van der Waals surface area (Å²) in [6.45, 7) is 2.69. The first-order chi connectivity index (χ1) is 23.2. The fourth-order valence-electron chi connectivity index (χ4n) is 5.86. The second-order valence-electron chi connectivity index (χ2n) is 10.9. The Morgan fingerprint density at radius 1 is 0.837 bits per heavy atom.